The molecule has 1 aliphatic rings. The third kappa shape index (κ3) is 5.08. The minimum atomic E-state index is -3.44. The molecule has 2 aromatic rings. The molecule has 0 bridgehead atoms. The predicted molar refractivity (Wildman–Crippen MR) is 104 cm³/mol. The van der Waals surface area contributed by atoms with Gasteiger partial charge in [-0.15, -0.1) is 0 Å². The molecule has 3 rings (SSSR count). The lowest BCUT2D eigenvalue weighted by molar-refractivity contribution is 0.346. The van der Waals surface area contributed by atoms with E-state index in [1.54, 1.807) is 16.4 Å². The monoisotopic (exact) mass is 410 g/mol. The number of aromatic nitrogens is 3. The Bertz CT molecular complexity index is 831. The molecule has 2 aromatic heterocycles. The van der Waals surface area contributed by atoms with Crippen LogP contribution in [-0.2, 0) is 16.4 Å². The molecule has 0 N–H and O–H groups in total. The van der Waals surface area contributed by atoms with Gasteiger partial charge in [-0.1, -0.05) is 36.7 Å². The van der Waals surface area contributed by atoms with Crippen LogP contribution in [0, 0.1) is 0 Å². The molecule has 1 aliphatic heterocycles. The van der Waals surface area contributed by atoms with Crippen molar-refractivity contribution in [2.24, 2.45) is 0 Å². The average Bonchev–Trinajstić information content (AvgIpc) is 3.16. The van der Waals surface area contributed by atoms with E-state index in [9.17, 15) is 8.42 Å². The van der Waals surface area contributed by atoms with E-state index < -0.39 is 10.0 Å². The maximum atomic E-state index is 12.7. The largest absolute Gasteiger partial charge is 0.338 e. The first kappa shape index (κ1) is 20.3. The smallest absolute Gasteiger partial charge is 0.244 e. The van der Waals surface area contributed by atoms with Crippen molar-refractivity contribution < 1.29 is 12.9 Å². The van der Waals surface area contributed by atoms with Crippen molar-refractivity contribution in [3.63, 3.8) is 0 Å². The zero-order valence-corrected chi connectivity index (χ0v) is 17.4. The third-order valence-corrected chi connectivity index (χ3v) is 7.47. The molecular weight excluding hydrogens is 384 g/mol. The standard InChI is InChI=1S/C18H26N4O3S2/c1-3-4-8-16-20-18(25-21-16)14(2)26-17-10-9-15(13-19-17)27(23,24)22-11-6-5-7-12-22/h9-10,13-14H,3-8,11-12H2,1-2H3/t14-/m0/s1. The van der Waals surface area contributed by atoms with Crippen LogP contribution in [0.15, 0.2) is 32.8 Å². The second-order valence-electron chi connectivity index (χ2n) is 6.71. The highest BCUT2D eigenvalue weighted by atomic mass is 32.2. The summed E-state index contributed by atoms with van der Waals surface area (Å²) in [5, 5.41) is 4.69. The molecule has 7 nitrogen and oxygen atoms in total. The van der Waals surface area contributed by atoms with Crippen LogP contribution in [0.25, 0.3) is 0 Å². The van der Waals surface area contributed by atoms with E-state index >= 15 is 0 Å². The molecule has 1 saturated heterocycles. The fourth-order valence-electron chi connectivity index (χ4n) is 2.94. The van der Waals surface area contributed by atoms with Gasteiger partial charge in [0, 0.05) is 25.7 Å². The zero-order valence-electron chi connectivity index (χ0n) is 15.8. The maximum Gasteiger partial charge on any atom is 0.244 e. The Morgan fingerprint density at radius 3 is 2.70 bits per heavy atom. The summed E-state index contributed by atoms with van der Waals surface area (Å²) in [4.78, 5) is 9.01. The van der Waals surface area contributed by atoms with Gasteiger partial charge >= 0.3 is 0 Å². The lowest BCUT2D eigenvalue weighted by Gasteiger charge is -2.25. The van der Waals surface area contributed by atoms with E-state index in [2.05, 4.69) is 22.0 Å². The highest BCUT2D eigenvalue weighted by molar-refractivity contribution is 7.99. The van der Waals surface area contributed by atoms with Crippen LogP contribution in [0.1, 0.15) is 62.9 Å². The summed E-state index contributed by atoms with van der Waals surface area (Å²) in [6, 6.07) is 3.37. The van der Waals surface area contributed by atoms with Crippen molar-refractivity contribution in [3.8, 4) is 0 Å². The molecule has 0 aromatic carbocycles. The lowest BCUT2D eigenvalue weighted by Crippen LogP contribution is -2.35. The van der Waals surface area contributed by atoms with E-state index in [0.717, 1.165) is 49.4 Å². The van der Waals surface area contributed by atoms with Crippen molar-refractivity contribution in [2.75, 3.05) is 13.1 Å². The van der Waals surface area contributed by atoms with Gasteiger partial charge in [-0.25, -0.2) is 13.4 Å². The number of rotatable bonds is 8. The van der Waals surface area contributed by atoms with E-state index in [1.165, 1.54) is 18.0 Å². The van der Waals surface area contributed by atoms with E-state index in [-0.39, 0.29) is 10.1 Å². The first-order chi connectivity index (χ1) is 13.0. The minimum Gasteiger partial charge on any atom is -0.338 e. The van der Waals surface area contributed by atoms with Gasteiger partial charge in [-0.05, 0) is 38.3 Å². The number of nitrogens with zero attached hydrogens (tertiary/aromatic N) is 4. The number of unbranched alkanes of at least 4 members (excludes halogenated alkanes) is 1. The van der Waals surface area contributed by atoms with Gasteiger partial charge < -0.3 is 4.52 Å². The number of aryl methyl sites for hydroxylation is 1. The van der Waals surface area contributed by atoms with E-state index in [4.69, 9.17) is 4.52 Å². The summed E-state index contributed by atoms with van der Waals surface area (Å²) in [5.74, 6) is 1.30. The molecular formula is C18H26N4O3S2. The normalized spacial score (nSPS) is 17.1. The van der Waals surface area contributed by atoms with Crippen LogP contribution in [0.3, 0.4) is 0 Å². The SMILES string of the molecule is CCCCc1noc([C@H](C)Sc2ccc(S(=O)(=O)N3CCCCC3)cn2)n1. The Labute approximate surface area is 165 Å². The fraction of sp³-hybridized carbons (Fsp3) is 0.611. The number of sulfonamides is 1. The summed E-state index contributed by atoms with van der Waals surface area (Å²) in [6.07, 6.45) is 7.32. The highest BCUT2D eigenvalue weighted by Crippen LogP contribution is 2.33. The fourth-order valence-corrected chi connectivity index (χ4v) is 5.23. The molecule has 3 heterocycles. The number of hydrogen-bond acceptors (Lipinski definition) is 7. The molecule has 0 aliphatic carbocycles. The quantitative estimate of drug-likeness (QED) is 0.611. The Balaban J connectivity index is 1.64. The Morgan fingerprint density at radius 2 is 2.04 bits per heavy atom. The zero-order chi connectivity index (χ0) is 19.3. The van der Waals surface area contributed by atoms with Gasteiger partial charge in [0.05, 0.1) is 10.3 Å². The molecule has 0 amide bonds. The Hall–Kier alpha value is -1.45. The molecule has 1 fully saturated rings. The van der Waals surface area contributed by atoms with Crippen LogP contribution in [0.2, 0.25) is 0 Å². The summed E-state index contributed by atoms with van der Waals surface area (Å²) in [6.45, 7) is 5.28. The highest BCUT2D eigenvalue weighted by Gasteiger charge is 2.26. The van der Waals surface area contributed by atoms with Crippen LogP contribution < -0.4 is 0 Å². The second-order valence-corrected chi connectivity index (χ2v) is 10.0. The molecule has 9 heteroatoms. The van der Waals surface area contributed by atoms with Crippen LogP contribution in [0.4, 0.5) is 0 Å². The number of hydrogen-bond donors (Lipinski definition) is 0. The van der Waals surface area contributed by atoms with Crippen LogP contribution in [-0.4, -0.2) is 40.9 Å². The predicted octanol–water partition coefficient (Wildman–Crippen LogP) is 3.84. The van der Waals surface area contributed by atoms with Crippen molar-refractivity contribution in [1.29, 1.82) is 0 Å². The third-order valence-electron chi connectivity index (χ3n) is 4.55. The van der Waals surface area contributed by atoms with Gasteiger partial charge in [-0.2, -0.15) is 9.29 Å². The van der Waals surface area contributed by atoms with Crippen molar-refractivity contribution in [2.45, 2.75) is 67.5 Å². The van der Waals surface area contributed by atoms with Gasteiger partial charge in [0.15, 0.2) is 5.82 Å². The summed E-state index contributed by atoms with van der Waals surface area (Å²) >= 11 is 1.47. The number of pyridine rings is 1. The van der Waals surface area contributed by atoms with Crippen molar-refractivity contribution in [1.82, 2.24) is 19.4 Å². The molecule has 27 heavy (non-hydrogen) atoms. The van der Waals surface area contributed by atoms with Crippen LogP contribution in [0.5, 0.6) is 0 Å². The van der Waals surface area contributed by atoms with E-state index in [1.807, 2.05) is 6.92 Å². The average molecular weight is 411 g/mol. The molecule has 0 saturated carbocycles. The van der Waals surface area contributed by atoms with Crippen LogP contribution >= 0.6 is 11.8 Å². The number of thioether (sulfide) groups is 1. The summed E-state index contributed by atoms with van der Waals surface area (Å²) in [7, 11) is -3.44. The number of piperidine rings is 1. The summed E-state index contributed by atoms with van der Waals surface area (Å²) < 4.78 is 32.2. The maximum absolute atomic E-state index is 12.7. The topological polar surface area (TPSA) is 89.2 Å². The van der Waals surface area contributed by atoms with Gasteiger partial charge in [-0.3, -0.25) is 0 Å². The molecule has 0 radical (unpaired) electrons. The second kappa shape index (κ2) is 9.16. The lowest BCUT2D eigenvalue weighted by atomic mass is 10.2. The molecule has 1 atom stereocenters. The van der Waals surface area contributed by atoms with Gasteiger partial charge in [0.2, 0.25) is 15.9 Å². The van der Waals surface area contributed by atoms with Gasteiger partial charge in [0.25, 0.3) is 0 Å². The first-order valence-electron chi connectivity index (χ1n) is 9.46. The Kier molecular flexibility index (Phi) is 6.88. The first-order valence-corrected chi connectivity index (χ1v) is 11.8. The van der Waals surface area contributed by atoms with E-state index in [0.29, 0.717) is 19.0 Å². The Morgan fingerprint density at radius 1 is 1.26 bits per heavy atom. The molecule has 148 valence electrons. The molecule has 0 spiro atoms. The van der Waals surface area contributed by atoms with Crippen molar-refractivity contribution in [3.05, 3.63) is 30.0 Å². The summed E-state index contributed by atoms with van der Waals surface area (Å²) in [5.41, 5.74) is 0. The molecule has 0 unspecified atom stereocenters. The minimum absolute atomic E-state index is 0.0510. The van der Waals surface area contributed by atoms with Crippen molar-refractivity contribution >= 4 is 21.8 Å². The van der Waals surface area contributed by atoms with Gasteiger partial charge in [0.1, 0.15) is 4.90 Å².